The van der Waals surface area contributed by atoms with Crippen LogP contribution in [0.5, 0.6) is 0 Å². The Bertz CT molecular complexity index is 804. The average Bonchev–Trinajstić information content (AvgIpc) is 3.05. The summed E-state index contributed by atoms with van der Waals surface area (Å²) in [6.07, 6.45) is 0.621. The van der Waals surface area contributed by atoms with Crippen LogP contribution < -0.4 is 10.6 Å². The third-order valence-electron chi connectivity index (χ3n) is 4.70. The van der Waals surface area contributed by atoms with Gasteiger partial charge in [0.1, 0.15) is 0 Å². The minimum absolute atomic E-state index is 0.0984. The van der Waals surface area contributed by atoms with Crippen molar-refractivity contribution < 1.29 is 14.1 Å². The van der Waals surface area contributed by atoms with Crippen molar-refractivity contribution in [3.05, 3.63) is 47.1 Å². The zero-order valence-corrected chi connectivity index (χ0v) is 15.7. The Balaban J connectivity index is 1.55. The first-order chi connectivity index (χ1) is 13.0. The van der Waals surface area contributed by atoms with Crippen LogP contribution in [0, 0.1) is 13.8 Å². The smallest absolute Gasteiger partial charge is 0.237 e. The predicted molar refractivity (Wildman–Crippen MR) is 98.8 cm³/mol. The van der Waals surface area contributed by atoms with Crippen LogP contribution in [0.2, 0.25) is 0 Å². The molecule has 1 aromatic carbocycles. The van der Waals surface area contributed by atoms with E-state index in [1.165, 1.54) is 11.1 Å². The maximum absolute atomic E-state index is 12.3. The van der Waals surface area contributed by atoms with Gasteiger partial charge in [0.05, 0.1) is 12.5 Å². The number of hydrogen-bond acceptors (Lipinski definition) is 6. The van der Waals surface area contributed by atoms with Crippen molar-refractivity contribution in [1.29, 1.82) is 0 Å². The molecule has 2 aromatic rings. The number of rotatable bonds is 7. The number of aromatic nitrogens is 2. The van der Waals surface area contributed by atoms with Gasteiger partial charge in [-0.3, -0.25) is 14.5 Å². The zero-order chi connectivity index (χ0) is 19.2. The Hall–Kier alpha value is -2.74. The molecule has 1 fully saturated rings. The highest BCUT2D eigenvalue weighted by molar-refractivity contribution is 5.88. The Morgan fingerprint density at radius 2 is 2.19 bits per heavy atom. The first-order valence-corrected chi connectivity index (χ1v) is 9.15. The van der Waals surface area contributed by atoms with E-state index in [1.54, 1.807) is 6.92 Å². The highest BCUT2D eigenvalue weighted by Crippen LogP contribution is 2.16. The number of carbonyl (C=O) groups is 2. The largest absolute Gasteiger partial charge is 0.356 e. The summed E-state index contributed by atoms with van der Waals surface area (Å²) in [4.78, 5) is 30.9. The molecule has 0 aliphatic carbocycles. The second-order valence-electron chi connectivity index (χ2n) is 6.74. The Morgan fingerprint density at radius 1 is 1.37 bits per heavy atom. The van der Waals surface area contributed by atoms with Gasteiger partial charge in [-0.15, -0.1) is 0 Å². The van der Waals surface area contributed by atoms with Gasteiger partial charge < -0.3 is 15.2 Å². The maximum atomic E-state index is 12.3. The molecular formula is C19H25N5O3. The number of carbonyl (C=O) groups excluding carboxylic acids is 2. The van der Waals surface area contributed by atoms with Crippen molar-refractivity contribution in [1.82, 2.24) is 25.7 Å². The molecule has 0 unspecified atom stereocenters. The quantitative estimate of drug-likeness (QED) is 0.744. The summed E-state index contributed by atoms with van der Waals surface area (Å²) in [6, 6.07) is 7.64. The molecule has 2 N–H and O–H groups in total. The van der Waals surface area contributed by atoms with Crippen molar-refractivity contribution in [3.8, 4) is 0 Å². The molecule has 0 spiro atoms. The van der Waals surface area contributed by atoms with Crippen LogP contribution in [0.3, 0.4) is 0 Å². The first-order valence-electron chi connectivity index (χ1n) is 9.15. The van der Waals surface area contributed by atoms with E-state index in [-0.39, 0.29) is 18.2 Å². The summed E-state index contributed by atoms with van der Waals surface area (Å²) in [6.45, 7) is 6.16. The van der Waals surface area contributed by atoms with Crippen LogP contribution in [-0.4, -0.2) is 52.5 Å². The van der Waals surface area contributed by atoms with E-state index < -0.39 is 6.04 Å². The molecule has 2 amide bonds. The van der Waals surface area contributed by atoms with Crippen LogP contribution in [-0.2, 0) is 22.6 Å². The normalized spacial score (nSPS) is 17.6. The molecular weight excluding hydrogens is 346 g/mol. The van der Waals surface area contributed by atoms with Gasteiger partial charge in [-0.05, 0) is 18.1 Å². The summed E-state index contributed by atoms with van der Waals surface area (Å²) in [5.74, 6) is 0.803. The van der Waals surface area contributed by atoms with E-state index in [1.807, 2.05) is 12.1 Å². The molecule has 1 aliphatic heterocycles. The Kier molecular flexibility index (Phi) is 6.18. The van der Waals surface area contributed by atoms with Crippen LogP contribution >= 0.6 is 0 Å². The molecule has 0 radical (unpaired) electrons. The SMILES string of the molecule is Cc1nc(CCNC(=O)C[C@@H]2C(=O)NCCN2Cc2ccccc2C)no1. The lowest BCUT2D eigenvalue weighted by Gasteiger charge is -2.35. The lowest BCUT2D eigenvalue weighted by atomic mass is 10.0. The third-order valence-corrected chi connectivity index (χ3v) is 4.70. The second-order valence-corrected chi connectivity index (χ2v) is 6.74. The van der Waals surface area contributed by atoms with Gasteiger partial charge in [0.15, 0.2) is 5.82 Å². The number of aryl methyl sites for hydroxylation is 2. The topological polar surface area (TPSA) is 100 Å². The van der Waals surface area contributed by atoms with Gasteiger partial charge in [0, 0.05) is 39.5 Å². The van der Waals surface area contributed by atoms with Crippen molar-refractivity contribution in [2.24, 2.45) is 0 Å². The molecule has 144 valence electrons. The lowest BCUT2D eigenvalue weighted by Crippen LogP contribution is -2.56. The van der Waals surface area contributed by atoms with E-state index >= 15 is 0 Å². The third kappa shape index (κ3) is 5.13. The standard InChI is InChI=1S/C19H25N5O3/c1-13-5-3-4-6-15(13)12-24-10-9-21-19(26)16(24)11-18(25)20-8-7-17-22-14(2)27-23-17/h3-6,16H,7-12H2,1-2H3,(H,20,25)(H,21,26)/t16-/m1/s1. The number of benzene rings is 1. The van der Waals surface area contributed by atoms with E-state index in [9.17, 15) is 9.59 Å². The fourth-order valence-corrected chi connectivity index (χ4v) is 3.18. The first kappa shape index (κ1) is 19.0. The molecule has 27 heavy (non-hydrogen) atoms. The molecule has 0 bridgehead atoms. The lowest BCUT2D eigenvalue weighted by molar-refractivity contribution is -0.134. The average molecular weight is 371 g/mol. The summed E-state index contributed by atoms with van der Waals surface area (Å²) in [7, 11) is 0. The van der Waals surface area contributed by atoms with Gasteiger partial charge in [0.2, 0.25) is 17.7 Å². The van der Waals surface area contributed by atoms with Gasteiger partial charge in [-0.25, -0.2) is 0 Å². The van der Waals surface area contributed by atoms with Crippen molar-refractivity contribution in [3.63, 3.8) is 0 Å². The van der Waals surface area contributed by atoms with Gasteiger partial charge in [-0.2, -0.15) is 4.98 Å². The van der Waals surface area contributed by atoms with Crippen LogP contribution in [0.15, 0.2) is 28.8 Å². The van der Waals surface area contributed by atoms with Crippen molar-refractivity contribution >= 4 is 11.8 Å². The Morgan fingerprint density at radius 3 is 2.93 bits per heavy atom. The highest BCUT2D eigenvalue weighted by atomic mass is 16.5. The minimum atomic E-state index is -0.467. The summed E-state index contributed by atoms with van der Waals surface area (Å²) in [5, 5.41) is 9.49. The molecule has 3 rings (SSSR count). The number of amides is 2. The van der Waals surface area contributed by atoms with E-state index in [0.717, 1.165) is 6.54 Å². The molecule has 1 aromatic heterocycles. The predicted octanol–water partition coefficient (Wildman–Crippen LogP) is 0.736. The molecule has 2 heterocycles. The fourth-order valence-electron chi connectivity index (χ4n) is 3.18. The summed E-state index contributed by atoms with van der Waals surface area (Å²) >= 11 is 0. The fraction of sp³-hybridized carbons (Fsp3) is 0.474. The number of nitrogens with zero attached hydrogens (tertiary/aromatic N) is 3. The van der Waals surface area contributed by atoms with Gasteiger partial charge >= 0.3 is 0 Å². The molecule has 1 saturated heterocycles. The molecule has 1 aliphatic rings. The summed E-state index contributed by atoms with van der Waals surface area (Å²) in [5.41, 5.74) is 2.35. The van der Waals surface area contributed by atoms with Crippen molar-refractivity contribution in [2.45, 2.75) is 39.3 Å². The maximum Gasteiger partial charge on any atom is 0.237 e. The van der Waals surface area contributed by atoms with E-state index in [0.29, 0.717) is 37.8 Å². The van der Waals surface area contributed by atoms with E-state index in [2.05, 4.69) is 44.7 Å². The number of nitrogens with one attached hydrogen (secondary N) is 2. The van der Waals surface area contributed by atoms with Crippen LogP contribution in [0.4, 0.5) is 0 Å². The minimum Gasteiger partial charge on any atom is -0.356 e. The molecule has 8 nitrogen and oxygen atoms in total. The molecule has 8 heteroatoms. The number of piperazine rings is 1. The highest BCUT2D eigenvalue weighted by Gasteiger charge is 2.31. The Labute approximate surface area is 158 Å². The number of hydrogen-bond donors (Lipinski definition) is 2. The van der Waals surface area contributed by atoms with Gasteiger partial charge in [0.25, 0.3) is 0 Å². The summed E-state index contributed by atoms with van der Waals surface area (Å²) < 4.78 is 4.90. The van der Waals surface area contributed by atoms with Gasteiger partial charge in [-0.1, -0.05) is 29.4 Å². The second kappa shape index (κ2) is 8.77. The van der Waals surface area contributed by atoms with E-state index in [4.69, 9.17) is 4.52 Å². The molecule has 1 atom stereocenters. The zero-order valence-electron chi connectivity index (χ0n) is 15.7. The van der Waals surface area contributed by atoms with Crippen molar-refractivity contribution in [2.75, 3.05) is 19.6 Å². The van der Waals surface area contributed by atoms with Crippen LogP contribution in [0.1, 0.15) is 29.3 Å². The van der Waals surface area contributed by atoms with Crippen LogP contribution in [0.25, 0.3) is 0 Å². The molecule has 0 saturated carbocycles. The monoisotopic (exact) mass is 371 g/mol.